The highest BCUT2D eigenvalue weighted by Crippen LogP contribution is 2.65. The van der Waals surface area contributed by atoms with E-state index in [-0.39, 0.29) is 17.5 Å². The number of urea groups is 1. The first kappa shape index (κ1) is 19.9. The maximum Gasteiger partial charge on any atom is 0.315 e. The number of imidazole rings is 1. The molecule has 4 aliphatic carbocycles. The van der Waals surface area contributed by atoms with Crippen molar-refractivity contribution in [1.29, 1.82) is 0 Å². The fourth-order valence-electron chi connectivity index (χ4n) is 7.53. The zero-order valence-electron chi connectivity index (χ0n) is 18.7. The quantitative estimate of drug-likeness (QED) is 0.693. The highest BCUT2D eigenvalue weighted by Gasteiger charge is 2.57. The molecule has 5 nitrogen and oxygen atoms in total. The molecule has 6 atom stereocenters. The van der Waals surface area contributed by atoms with E-state index in [1.165, 1.54) is 37.8 Å². The van der Waals surface area contributed by atoms with Gasteiger partial charge in [-0.15, -0.1) is 0 Å². The Morgan fingerprint density at radius 1 is 1.17 bits per heavy atom. The van der Waals surface area contributed by atoms with Crippen molar-refractivity contribution in [2.24, 2.45) is 28.6 Å². The van der Waals surface area contributed by atoms with Gasteiger partial charge < -0.3 is 15.2 Å². The number of carbonyl (C=O) groups is 1. The summed E-state index contributed by atoms with van der Waals surface area (Å²) >= 11 is 0. The van der Waals surface area contributed by atoms with Crippen LogP contribution in [0.2, 0.25) is 0 Å². The lowest BCUT2D eigenvalue weighted by molar-refractivity contribution is -0.0135. The summed E-state index contributed by atoms with van der Waals surface area (Å²) in [6, 6.07) is 0.264. The molecule has 1 aromatic rings. The standard InChI is InChI=1S/C25H36N4O/c1-4-27-23(30)28-18-9-11-24(2)17(15-18)5-6-19-20-7-8-22(29-14-13-26-16-29)25(20,3)12-10-21(19)24/h5,8,13-14,16,18-21H,4,6-7,9-12,15H2,1-3H3,(H2,27,28,30)/t18-,19+,20+,21+,24+,25+/m1/s1. The Kier molecular flexibility index (Phi) is 4.83. The van der Waals surface area contributed by atoms with Crippen LogP contribution in [0.4, 0.5) is 4.79 Å². The lowest BCUT2D eigenvalue weighted by Gasteiger charge is -2.58. The van der Waals surface area contributed by atoms with Crippen LogP contribution < -0.4 is 10.6 Å². The summed E-state index contributed by atoms with van der Waals surface area (Å²) in [5.41, 5.74) is 3.65. The van der Waals surface area contributed by atoms with Gasteiger partial charge in [-0.25, -0.2) is 9.78 Å². The Morgan fingerprint density at radius 3 is 2.77 bits per heavy atom. The van der Waals surface area contributed by atoms with Crippen molar-refractivity contribution in [3.8, 4) is 0 Å². The molecule has 2 amide bonds. The molecule has 0 bridgehead atoms. The number of hydrogen-bond donors (Lipinski definition) is 2. The maximum atomic E-state index is 12.0. The van der Waals surface area contributed by atoms with Crippen LogP contribution in [0.5, 0.6) is 0 Å². The Balaban J connectivity index is 1.35. The molecule has 0 saturated heterocycles. The van der Waals surface area contributed by atoms with Crippen LogP contribution in [-0.4, -0.2) is 28.2 Å². The summed E-state index contributed by atoms with van der Waals surface area (Å²) in [7, 11) is 0. The van der Waals surface area contributed by atoms with Crippen LogP contribution in [0.15, 0.2) is 36.4 Å². The van der Waals surface area contributed by atoms with E-state index in [1.807, 2.05) is 19.4 Å². The zero-order chi connectivity index (χ0) is 20.9. The fourth-order valence-corrected chi connectivity index (χ4v) is 7.53. The average Bonchev–Trinajstić information content (AvgIpc) is 3.35. The summed E-state index contributed by atoms with van der Waals surface area (Å²) < 4.78 is 2.25. The largest absolute Gasteiger partial charge is 0.338 e. The predicted molar refractivity (Wildman–Crippen MR) is 120 cm³/mol. The van der Waals surface area contributed by atoms with Gasteiger partial charge in [-0.3, -0.25) is 0 Å². The minimum atomic E-state index is -0.0158. The van der Waals surface area contributed by atoms with E-state index in [9.17, 15) is 4.79 Å². The van der Waals surface area contributed by atoms with E-state index in [0.717, 1.165) is 30.6 Å². The van der Waals surface area contributed by atoms with E-state index >= 15 is 0 Å². The Hall–Kier alpha value is -2.04. The monoisotopic (exact) mass is 408 g/mol. The molecule has 1 aromatic heterocycles. The molecule has 2 N–H and O–H groups in total. The molecule has 30 heavy (non-hydrogen) atoms. The van der Waals surface area contributed by atoms with Crippen LogP contribution in [-0.2, 0) is 0 Å². The minimum Gasteiger partial charge on any atom is -0.338 e. The summed E-state index contributed by atoms with van der Waals surface area (Å²) in [6.45, 7) is 7.67. The van der Waals surface area contributed by atoms with Gasteiger partial charge >= 0.3 is 6.03 Å². The molecule has 5 rings (SSSR count). The van der Waals surface area contributed by atoms with Crippen LogP contribution in [0.25, 0.3) is 5.70 Å². The van der Waals surface area contributed by atoms with E-state index in [0.29, 0.717) is 12.0 Å². The second-order valence-electron chi connectivity index (χ2n) is 10.5. The molecule has 0 aliphatic heterocycles. The first-order chi connectivity index (χ1) is 14.5. The smallest absolute Gasteiger partial charge is 0.315 e. The summed E-state index contributed by atoms with van der Waals surface area (Å²) in [5, 5.41) is 6.08. The van der Waals surface area contributed by atoms with Crippen LogP contribution in [0, 0.1) is 28.6 Å². The van der Waals surface area contributed by atoms with Crippen molar-refractivity contribution >= 4 is 11.7 Å². The summed E-state index contributed by atoms with van der Waals surface area (Å²) in [5.74, 6) is 2.27. The van der Waals surface area contributed by atoms with E-state index in [1.54, 1.807) is 5.57 Å². The van der Waals surface area contributed by atoms with Gasteiger partial charge in [0.15, 0.2) is 0 Å². The molecule has 0 radical (unpaired) electrons. The zero-order valence-corrected chi connectivity index (χ0v) is 18.7. The number of nitrogens with one attached hydrogen (secondary N) is 2. The van der Waals surface area contributed by atoms with E-state index < -0.39 is 0 Å². The second-order valence-corrected chi connectivity index (χ2v) is 10.5. The highest BCUT2D eigenvalue weighted by molar-refractivity contribution is 5.74. The van der Waals surface area contributed by atoms with Gasteiger partial charge in [0.25, 0.3) is 0 Å². The molecule has 5 heteroatoms. The Morgan fingerprint density at radius 2 is 2.00 bits per heavy atom. The van der Waals surface area contributed by atoms with Crippen molar-refractivity contribution in [1.82, 2.24) is 20.2 Å². The van der Waals surface area contributed by atoms with Crippen molar-refractivity contribution in [3.05, 3.63) is 36.4 Å². The molecule has 0 aromatic carbocycles. The molecule has 2 saturated carbocycles. The molecule has 162 valence electrons. The molecule has 0 spiro atoms. The van der Waals surface area contributed by atoms with Gasteiger partial charge in [0, 0.05) is 36.1 Å². The number of allylic oxidation sites excluding steroid dienone is 3. The molecule has 2 fully saturated rings. The Labute approximate surface area is 180 Å². The lowest BCUT2D eigenvalue weighted by Crippen LogP contribution is -2.52. The third-order valence-corrected chi connectivity index (χ3v) is 9.10. The molecular formula is C25H36N4O. The molecule has 4 aliphatic rings. The van der Waals surface area contributed by atoms with Gasteiger partial charge in [0.2, 0.25) is 0 Å². The highest BCUT2D eigenvalue weighted by atomic mass is 16.2. The molecule has 1 heterocycles. The van der Waals surface area contributed by atoms with Gasteiger partial charge in [-0.2, -0.15) is 0 Å². The SMILES string of the molecule is CCNC(=O)N[C@@H]1CC[C@@]2(C)C(=CC[C@@H]3[C@@H]2CC[C@]2(C)C(n4ccnc4)=CC[C@@H]32)C1. The van der Waals surface area contributed by atoms with Crippen LogP contribution in [0.1, 0.15) is 65.7 Å². The molecule has 0 unspecified atom stereocenters. The second kappa shape index (κ2) is 7.28. The van der Waals surface area contributed by atoms with Gasteiger partial charge in [0.1, 0.15) is 0 Å². The van der Waals surface area contributed by atoms with Crippen LogP contribution in [0.3, 0.4) is 0 Å². The minimum absolute atomic E-state index is 0.0158. The van der Waals surface area contributed by atoms with Crippen molar-refractivity contribution < 1.29 is 4.79 Å². The third-order valence-electron chi connectivity index (χ3n) is 9.10. The normalized spacial score (nSPS) is 39.8. The maximum absolute atomic E-state index is 12.0. The number of aromatic nitrogens is 2. The number of carbonyl (C=O) groups excluding carboxylic acids is 1. The number of hydrogen-bond acceptors (Lipinski definition) is 2. The fraction of sp³-hybridized carbons (Fsp3) is 0.680. The topological polar surface area (TPSA) is 59.0 Å². The van der Waals surface area contributed by atoms with Crippen LogP contribution >= 0.6 is 0 Å². The molecular weight excluding hydrogens is 372 g/mol. The van der Waals surface area contributed by atoms with Crippen molar-refractivity contribution in [3.63, 3.8) is 0 Å². The lowest BCUT2D eigenvalue weighted by atomic mass is 9.47. The van der Waals surface area contributed by atoms with Crippen molar-refractivity contribution in [2.45, 2.75) is 71.8 Å². The number of fused-ring (bicyclic) bond motifs is 5. The number of rotatable bonds is 3. The summed E-state index contributed by atoms with van der Waals surface area (Å²) in [4.78, 5) is 16.3. The predicted octanol–water partition coefficient (Wildman–Crippen LogP) is 4.98. The number of nitrogens with zero attached hydrogens (tertiary/aromatic N) is 2. The van der Waals surface area contributed by atoms with Gasteiger partial charge in [-0.1, -0.05) is 31.6 Å². The van der Waals surface area contributed by atoms with Gasteiger partial charge in [-0.05, 0) is 75.0 Å². The van der Waals surface area contributed by atoms with Gasteiger partial charge in [0.05, 0.1) is 6.33 Å². The first-order valence-electron chi connectivity index (χ1n) is 11.9. The Bertz CT molecular complexity index is 872. The third kappa shape index (κ3) is 2.96. The average molecular weight is 409 g/mol. The van der Waals surface area contributed by atoms with Crippen molar-refractivity contribution in [2.75, 3.05) is 6.54 Å². The summed E-state index contributed by atoms with van der Waals surface area (Å²) in [6.07, 6.45) is 19.3. The first-order valence-corrected chi connectivity index (χ1v) is 11.9. The van der Waals surface area contributed by atoms with E-state index in [2.05, 4.69) is 52.4 Å². The van der Waals surface area contributed by atoms with E-state index in [4.69, 9.17) is 0 Å². The number of amides is 2.